The molecule has 0 aromatic heterocycles. The summed E-state index contributed by atoms with van der Waals surface area (Å²) < 4.78 is 17.3. The van der Waals surface area contributed by atoms with E-state index in [9.17, 15) is 19.2 Å². The number of rotatable bonds is 15. The highest BCUT2D eigenvalue weighted by atomic mass is 79.9. The average Bonchev–Trinajstić information content (AvgIpc) is 3.73. The number of fused-ring (bicyclic) bond motifs is 1. The van der Waals surface area contributed by atoms with Crippen LogP contribution < -0.4 is 19.5 Å². The van der Waals surface area contributed by atoms with Crippen LogP contribution in [0.3, 0.4) is 0 Å². The monoisotopic (exact) mass is 850 g/mol. The third-order valence-electron chi connectivity index (χ3n) is 9.95. The van der Waals surface area contributed by atoms with Crippen LogP contribution in [0.15, 0.2) is 89.4 Å². The van der Waals surface area contributed by atoms with Crippen LogP contribution in [-0.4, -0.2) is 92.0 Å². The molecule has 1 fully saturated rings. The molecule has 1 unspecified atom stereocenters. The van der Waals surface area contributed by atoms with Gasteiger partial charge in [-0.3, -0.25) is 19.3 Å². The molecule has 0 saturated carbocycles. The molecule has 4 amide bonds. The minimum absolute atomic E-state index is 0.0390. The van der Waals surface area contributed by atoms with Gasteiger partial charge in [0.25, 0.3) is 11.8 Å². The number of nitrogens with one attached hydrogen (secondary N) is 1. The molecule has 0 aliphatic carbocycles. The van der Waals surface area contributed by atoms with Crippen molar-refractivity contribution in [3.63, 3.8) is 0 Å². The number of nitrogens with zero attached hydrogens (tertiary/aromatic N) is 3. The normalized spacial score (nSPS) is 16.2. The average molecular weight is 853 g/mol. The van der Waals surface area contributed by atoms with Crippen LogP contribution in [0.5, 0.6) is 17.2 Å². The smallest absolute Gasteiger partial charge is 0.415 e. The molecule has 2 aliphatic heterocycles. The first kappa shape index (κ1) is 40.1. The SMILES string of the molecule is COc1cc(Br)c(OC(=O)N(Cc2ccccc2)CC2CNC[C@H]2CN(CCc2ccc(Cl)cc2Cl)C(=O)CCN2C(=O)c3ccccc3C2=O)cc1OC. The van der Waals surface area contributed by atoms with Gasteiger partial charge in [-0.15, -0.1) is 0 Å². The minimum atomic E-state index is -0.548. The quantitative estimate of drug-likeness (QED) is 0.123. The molecular formula is C41H41BrCl2N4O7. The Bertz CT molecular complexity index is 2020. The number of amides is 4. The minimum Gasteiger partial charge on any atom is -0.493 e. The van der Waals surface area contributed by atoms with Crippen LogP contribution in [0, 0.1) is 11.8 Å². The molecule has 1 N–H and O–H groups in total. The molecule has 14 heteroatoms. The summed E-state index contributed by atoms with van der Waals surface area (Å²) in [6, 6.07) is 24.9. The first-order valence-corrected chi connectivity index (χ1v) is 19.4. The summed E-state index contributed by atoms with van der Waals surface area (Å²) in [6.07, 6.45) is -0.127. The highest BCUT2D eigenvalue weighted by Gasteiger charge is 2.37. The van der Waals surface area contributed by atoms with Crippen molar-refractivity contribution in [3.05, 3.63) is 122 Å². The Balaban J connectivity index is 1.19. The molecule has 0 bridgehead atoms. The summed E-state index contributed by atoms with van der Waals surface area (Å²) in [7, 11) is 3.04. The highest BCUT2D eigenvalue weighted by Crippen LogP contribution is 2.38. The van der Waals surface area contributed by atoms with Gasteiger partial charge in [0, 0.05) is 74.4 Å². The Kier molecular flexibility index (Phi) is 13.4. The number of ether oxygens (including phenoxy) is 3. The van der Waals surface area contributed by atoms with Crippen molar-refractivity contribution in [2.24, 2.45) is 11.8 Å². The number of hydrogen-bond donors (Lipinski definition) is 1. The Hall–Kier alpha value is -4.62. The predicted octanol–water partition coefficient (Wildman–Crippen LogP) is 7.37. The molecule has 1 saturated heterocycles. The van der Waals surface area contributed by atoms with Gasteiger partial charge >= 0.3 is 6.09 Å². The molecule has 288 valence electrons. The molecule has 6 rings (SSSR count). The Morgan fingerprint density at radius 1 is 0.818 bits per heavy atom. The molecule has 11 nitrogen and oxygen atoms in total. The van der Waals surface area contributed by atoms with Crippen LogP contribution in [0.25, 0.3) is 0 Å². The van der Waals surface area contributed by atoms with E-state index in [0.29, 0.717) is 82.8 Å². The van der Waals surface area contributed by atoms with Crippen molar-refractivity contribution in [1.29, 1.82) is 0 Å². The lowest BCUT2D eigenvalue weighted by Gasteiger charge is -2.32. The van der Waals surface area contributed by atoms with Gasteiger partial charge in [0.15, 0.2) is 17.2 Å². The van der Waals surface area contributed by atoms with E-state index in [0.717, 1.165) is 16.0 Å². The fraction of sp³-hybridized carbons (Fsp3) is 0.317. The van der Waals surface area contributed by atoms with Gasteiger partial charge in [0.2, 0.25) is 5.91 Å². The molecular weight excluding hydrogens is 811 g/mol. The Morgan fingerprint density at radius 3 is 2.07 bits per heavy atom. The molecule has 4 aromatic rings. The van der Waals surface area contributed by atoms with Gasteiger partial charge in [-0.2, -0.15) is 0 Å². The van der Waals surface area contributed by atoms with Crippen molar-refractivity contribution < 1.29 is 33.4 Å². The molecule has 0 radical (unpaired) electrons. The number of imide groups is 1. The molecule has 55 heavy (non-hydrogen) atoms. The number of hydrogen-bond acceptors (Lipinski definition) is 8. The van der Waals surface area contributed by atoms with Crippen LogP contribution in [-0.2, 0) is 17.8 Å². The zero-order valence-corrected chi connectivity index (χ0v) is 33.5. The maximum Gasteiger partial charge on any atom is 0.415 e. The molecule has 2 atom stereocenters. The topological polar surface area (TPSA) is 118 Å². The van der Waals surface area contributed by atoms with E-state index in [-0.39, 0.29) is 36.5 Å². The molecule has 2 aliphatic rings. The molecule has 2 heterocycles. The lowest BCUT2D eigenvalue weighted by molar-refractivity contribution is -0.132. The maximum absolute atomic E-state index is 14.0. The molecule has 0 spiro atoms. The number of methoxy groups -OCH3 is 2. The van der Waals surface area contributed by atoms with Gasteiger partial charge in [0.05, 0.1) is 29.8 Å². The molecule has 4 aromatic carbocycles. The summed E-state index contributed by atoms with van der Waals surface area (Å²) >= 11 is 16.2. The second-order valence-corrected chi connectivity index (χ2v) is 15.1. The van der Waals surface area contributed by atoms with E-state index in [1.54, 1.807) is 58.3 Å². The summed E-state index contributed by atoms with van der Waals surface area (Å²) in [5, 5.41) is 4.48. The third kappa shape index (κ3) is 9.61. The Morgan fingerprint density at radius 2 is 1.44 bits per heavy atom. The summed E-state index contributed by atoms with van der Waals surface area (Å²) in [6.45, 7) is 2.54. The summed E-state index contributed by atoms with van der Waals surface area (Å²) in [5.41, 5.74) is 2.44. The lowest BCUT2D eigenvalue weighted by Crippen LogP contribution is -2.44. The predicted molar refractivity (Wildman–Crippen MR) is 213 cm³/mol. The second-order valence-electron chi connectivity index (χ2n) is 13.4. The van der Waals surface area contributed by atoms with Gasteiger partial charge in [-0.1, -0.05) is 71.7 Å². The van der Waals surface area contributed by atoms with Crippen LogP contribution in [0.1, 0.15) is 38.3 Å². The first-order chi connectivity index (χ1) is 26.6. The van der Waals surface area contributed by atoms with Crippen molar-refractivity contribution in [2.45, 2.75) is 19.4 Å². The summed E-state index contributed by atoms with van der Waals surface area (Å²) in [5.74, 6) is 0.0753. The fourth-order valence-electron chi connectivity index (χ4n) is 6.97. The zero-order chi connectivity index (χ0) is 39.1. The van der Waals surface area contributed by atoms with Gasteiger partial charge in [0.1, 0.15) is 0 Å². The van der Waals surface area contributed by atoms with Gasteiger partial charge in [-0.25, -0.2) is 4.79 Å². The number of halogens is 3. The maximum atomic E-state index is 14.0. The number of benzene rings is 4. The van der Waals surface area contributed by atoms with E-state index in [1.807, 2.05) is 36.4 Å². The summed E-state index contributed by atoms with van der Waals surface area (Å²) in [4.78, 5) is 58.7. The fourth-order valence-corrected chi connectivity index (χ4v) is 7.87. The van der Waals surface area contributed by atoms with Crippen molar-refractivity contribution in [3.8, 4) is 17.2 Å². The second kappa shape index (κ2) is 18.3. The van der Waals surface area contributed by atoms with E-state index >= 15 is 0 Å². The first-order valence-electron chi connectivity index (χ1n) is 17.9. The van der Waals surface area contributed by atoms with Crippen LogP contribution in [0.2, 0.25) is 10.0 Å². The van der Waals surface area contributed by atoms with Gasteiger partial charge < -0.3 is 29.3 Å². The van der Waals surface area contributed by atoms with Crippen LogP contribution in [0.4, 0.5) is 4.79 Å². The standard InChI is InChI=1S/C41H41BrCl2N4O7/c1-53-36-19-33(42)35(20-37(36)54-2)55-41(52)47(23-26-8-4-3-5-9-26)25-29-22-45-21-28(29)24-46(16-14-27-12-13-30(43)18-34(27)44)38(49)15-17-48-39(50)31-10-6-7-11-32(31)40(48)51/h3-13,18-20,28-29,45H,14-17,21-25H2,1-2H3/t28-,29?/m0/s1. The van der Waals surface area contributed by atoms with Crippen molar-refractivity contribution in [2.75, 3.05) is 53.5 Å². The van der Waals surface area contributed by atoms with E-state index < -0.39 is 17.9 Å². The highest BCUT2D eigenvalue weighted by molar-refractivity contribution is 9.10. The number of carbonyl (C=O) groups is 4. The largest absolute Gasteiger partial charge is 0.493 e. The van der Waals surface area contributed by atoms with Crippen molar-refractivity contribution >= 4 is 62.9 Å². The van der Waals surface area contributed by atoms with Crippen LogP contribution >= 0.6 is 39.1 Å². The van der Waals surface area contributed by atoms with E-state index in [2.05, 4.69) is 21.2 Å². The third-order valence-corrected chi connectivity index (χ3v) is 11.2. The number of carbonyl (C=O) groups excluding carboxylic acids is 4. The van der Waals surface area contributed by atoms with E-state index in [4.69, 9.17) is 37.4 Å². The van der Waals surface area contributed by atoms with Gasteiger partial charge in [-0.05, 0) is 69.6 Å². The van der Waals surface area contributed by atoms with E-state index in [1.165, 1.54) is 14.2 Å². The zero-order valence-electron chi connectivity index (χ0n) is 30.4. The van der Waals surface area contributed by atoms with Crippen molar-refractivity contribution in [1.82, 2.24) is 20.0 Å². The Labute approximate surface area is 338 Å². The lowest BCUT2D eigenvalue weighted by atomic mass is 9.94.